The van der Waals surface area contributed by atoms with Crippen molar-refractivity contribution in [3.05, 3.63) is 28.8 Å². The lowest BCUT2D eigenvalue weighted by Crippen LogP contribution is -2.40. The van der Waals surface area contributed by atoms with Crippen LogP contribution in [-0.2, 0) is 10.0 Å². The van der Waals surface area contributed by atoms with Gasteiger partial charge in [-0.05, 0) is 39.0 Å². The first-order chi connectivity index (χ1) is 8.57. The highest BCUT2D eigenvalue weighted by molar-refractivity contribution is 7.89. The van der Waals surface area contributed by atoms with E-state index in [2.05, 4.69) is 4.72 Å². The van der Waals surface area contributed by atoms with Gasteiger partial charge in [-0.15, -0.1) is 0 Å². The van der Waals surface area contributed by atoms with Gasteiger partial charge in [0.15, 0.2) is 5.78 Å². The standard InChI is InChI=1S/C13H18ClNO3S/c1-5-12(16)10-8-9(6-7-11(10)14)19(17,18)15-13(2,3)4/h6-8,15H,5H2,1-4H3. The Labute approximate surface area is 119 Å². The van der Waals surface area contributed by atoms with Crippen LogP contribution in [0.25, 0.3) is 0 Å². The van der Waals surface area contributed by atoms with Gasteiger partial charge in [0.2, 0.25) is 10.0 Å². The number of halogens is 1. The molecule has 1 aromatic carbocycles. The van der Waals surface area contributed by atoms with Crippen molar-refractivity contribution in [2.45, 2.75) is 44.6 Å². The maximum atomic E-state index is 12.2. The van der Waals surface area contributed by atoms with E-state index in [0.717, 1.165) is 0 Å². The highest BCUT2D eigenvalue weighted by Gasteiger charge is 2.23. The molecule has 0 aromatic heterocycles. The van der Waals surface area contributed by atoms with Crippen LogP contribution in [0.5, 0.6) is 0 Å². The molecule has 0 aliphatic rings. The smallest absolute Gasteiger partial charge is 0.241 e. The van der Waals surface area contributed by atoms with Gasteiger partial charge >= 0.3 is 0 Å². The number of carbonyl (C=O) groups excluding carboxylic acids is 1. The molecule has 0 radical (unpaired) electrons. The number of sulfonamides is 1. The largest absolute Gasteiger partial charge is 0.294 e. The van der Waals surface area contributed by atoms with E-state index in [1.165, 1.54) is 18.2 Å². The molecular formula is C13H18ClNO3S. The van der Waals surface area contributed by atoms with Gasteiger partial charge in [-0.2, -0.15) is 0 Å². The first-order valence-electron chi connectivity index (χ1n) is 5.93. The summed E-state index contributed by atoms with van der Waals surface area (Å²) in [5.74, 6) is -0.183. The Morgan fingerprint density at radius 1 is 1.32 bits per heavy atom. The van der Waals surface area contributed by atoms with Gasteiger partial charge in [0.1, 0.15) is 0 Å². The first kappa shape index (κ1) is 16.1. The number of hydrogen-bond donors (Lipinski definition) is 1. The predicted octanol–water partition coefficient (Wildman–Crippen LogP) is 3.01. The van der Waals surface area contributed by atoms with Gasteiger partial charge in [0, 0.05) is 17.5 Å². The van der Waals surface area contributed by atoms with Crippen LogP contribution in [0.1, 0.15) is 44.5 Å². The molecule has 0 saturated carbocycles. The summed E-state index contributed by atoms with van der Waals surface area (Å²) in [6.45, 7) is 6.95. The Bertz CT molecular complexity index is 588. The monoisotopic (exact) mass is 303 g/mol. The van der Waals surface area contributed by atoms with Crippen molar-refractivity contribution < 1.29 is 13.2 Å². The van der Waals surface area contributed by atoms with E-state index in [1.807, 2.05) is 0 Å². The highest BCUT2D eigenvalue weighted by atomic mass is 35.5. The van der Waals surface area contributed by atoms with Crippen molar-refractivity contribution in [2.75, 3.05) is 0 Å². The van der Waals surface area contributed by atoms with Gasteiger partial charge in [-0.3, -0.25) is 4.79 Å². The SMILES string of the molecule is CCC(=O)c1cc(S(=O)(=O)NC(C)(C)C)ccc1Cl. The zero-order valence-corrected chi connectivity index (χ0v) is 13.0. The number of ketones is 1. The summed E-state index contributed by atoms with van der Waals surface area (Å²) in [6.07, 6.45) is 0.274. The molecule has 0 spiro atoms. The molecule has 0 atom stereocenters. The van der Waals surface area contributed by atoms with Gasteiger partial charge in [-0.1, -0.05) is 18.5 Å². The third-order valence-electron chi connectivity index (χ3n) is 2.31. The summed E-state index contributed by atoms with van der Waals surface area (Å²) in [6, 6.07) is 4.15. The van der Waals surface area contributed by atoms with Crippen molar-refractivity contribution in [1.29, 1.82) is 0 Å². The Morgan fingerprint density at radius 2 is 1.89 bits per heavy atom. The molecule has 106 valence electrons. The summed E-state index contributed by atoms with van der Waals surface area (Å²) >= 11 is 5.92. The van der Waals surface area contributed by atoms with Crippen LogP contribution in [0.4, 0.5) is 0 Å². The van der Waals surface area contributed by atoms with Crippen molar-refractivity contribution in [1.82, 2.24) is 4.72 Å². The fourth-order valence-electron chi connectivity index (χ4n) is 1.54. The second-order valence-corrected chi connectivity index (χ2v) is 7.36. The normalized spacial score (nSPS) is 12.5. The maximum absolute atomic E-state index is 12.2. The van der Waals surface area contributed by atoms with Crippen LogP contribution in [0.2, 0.25) is 5.02 Å². The number of nitrogens with one attached hydrogen (secondary N) is 1. The summed E-state index contributed by atoms with van der Waals surface area (Å²) in [5.41, 5.74) is -0.353. The van der Waals surface area contributed by atoms with Crippen LogP contribution in [0, 0.1) is 0 Å². The molecule has 4 nitrogen and oxygen atoms in total. The van der Waals surface area contributed by atoms with Gasteiger partial charge in [-0.25, -0.2) is 13.1 Å². The molecule has 1 N–H and O–H groups in total. The Hall–Kier alpha value is -0.910. The quantitative estimate of drug-likeness (QED) is 0.870. The summed E-state index contributed by atoms with van der Waals surface area (Å²) in [5, 5.41) is 0.265. The Kier molecular flexibility index (Phi) is 4.76. The van der Waals surface area contributed by atoms with Crippen LogP contribution in [0.15, 0.2) is 23.1 Å². The zero-order chi connectivity index (χ0) is 14.8. The van der Waals surface area contributed by atoms with Crippen LogP contribution < -0.4 is 4.72 Å². The number of rotatable bonds is 4. The van der Waals surface area contributed by atoms with Gasteiger partial charge in [0.25, 0.3) is 0 Å². The van der Waals surface area contributed by atoms with Crippen LogP contribution in [0.3, 0.4) is 0 Å². The molecule has 0 unspecified atom stereocenters. The van der Waals surface area contributed by atoms with Crippen molar-refractivity contribution in [3.63, 3.8) is 0 Å². The maximum Gasteiger partial charge on any atom is 0.241 e. The number of benzene rings is 1. The fraction of sp³-hybridized carbons (Fsp3) is 0.462. The van der Waals surface area contributed by atoms with E-state index in [9.17, 15) is 13.2 Å². The predicted molar refractivity (Wildman–Crippen MR) is 76.1 cm³/mol. The minimum atomic E-state index is -3.66. The van der Waals surface area contributed by atoms with E-state index in [4.69, 9.17) is 11.6 Å². The Morgan fingerprint density at radius 3 is 2.37 bits per heavy atom. The number of Topliss-reactive ketones (excluding diaryl/α,β-unsaturated/α-hetero) is 1. The van der Waals surface area contributed by atoms with Gasteiger partial charge in [0.05, 0.1) is 9.92 Å². The first-order valence-corrected chi connectivity index (χ1v) is 7.79. The summed E-state index contributed by atoms with van der Waals surface area (Å²) < 4.78 is 26.8. The second-order valence-electron chi connectivity index (χ2n) is 5.27. The zero-order valence-electron chi connectivity index (χ0n) is 11.5. The minimum Gasteiger partial charge on any atom is -0.294 e. The topological polar surface area (TPSA) is 63.2 Å². The molecular weight excluding hydrogens is 286 g/mol. The van der Waals surface area contributed by atoms with Crippen molar-refractivity contribution in [2.24, 2.45) is 0 Å². The molecule has 0 fully saturated rings. The number of carbonyl (C=O) groups is 1. The Balaban J connectivity index is 3.26. The molecule has 19 heavy (non-hydrogen) atoms. The third kappa shape index (κ3) is 4.30. The van der Waals surface area contributed by atoms with E-state index in [1.54, 1.807) is 27.7 Å². The average Bonchev–Trinajstić information content (AvgIpc) is 2.25. The average molecular weight is 304 g/mol. The second kappa shape index (κ2) is 5.61. The minimum absolute atomic E-state index is 0.0450. The molecule has 6 heteroatoms. The molecule has 0 aliphatic heterocycles. The molecule has 0 bridgehead atoms. The highest BCUT2D eigenvalue weighted by Crippen LogP contribution is 2.22. The van der Waals surface area contributed by atoms with E-state index >= 15 is 0 Å². The van der Waals surface area contributed by atoms with Crippen molar-refractivity contribution >= 4 is 27.4 Å². The molecule has 0 saturated heterocycles. The lowest BCUT2D eigenvalue weighted by molar-refractivity contribution is 0.0988. The van der Waals surface area contributed by atoms with Crippen LogP contribution >= 0.6 is 11.6 Å². The summed E-state index contributed by atoms with van der Waals surface area (Å²) in [4.78, 5) is 11.7. The molecule has 0 aliphatic carbocycles. The third-order valence-corrected chi connectivity index (χ3v) is 4.40. The molecule has 0 amide bonds. The summed E-state index contributed by atoms with van der Waals surface area (Å²) in [7, 11) is -3.66. The van der Waals surface area contributed by atoms with Gasteiger partial charge < -0.3 is 0 Å². The van der Waals surface area contributed by atoms with E-state index < -0.39 is 15.6 Å². The molecule has 1 rings (SSSR count). The number of hydrogen-bond acceptors (Lipinski definition) is 3. The van der Waals surface area contributed by atoms with E-state index in [0.29, 0.717) is 0 Å². The fourth-order valence-corrected chi connectivity index (χ4v) is 3.20. The lowest BCUT2D eigenvalue weighted by atomic mass is 10.1. The lowest BCUT2D eigenvalue weighted by Gasteiger charge is -2.20. The van der Waals surface area contributed by atoms with E-state index in [-0.39, 0.29) is 27.7 Å². The molecule has 0 heterocycles. The van der Waals surface area contributed by atoms with Crippen molar-refractivity contribution in [3.8, 4) is 0 Å². The molecule has 1 aromatic rings. The van der Waals surface area contributed by atoms with Crippen LogP contribution in [-0.4, -0.2) is 19.7 Å².